The standard InChI is InChI=1S/C14H16N2/c1-11-8-12(10-15-9-11)13-6-4-5-7-14(13)16(2)3/h4-10H,1-3H3. The predicted molar refractivity (Wildman–Crippen MR) is 68.7 cm³/mol. The first-order valence-electron chi connectivity index (χ1n) is 5.37. The maximum Gasteiger partial charge on any atom is 0.0441 e. The van der Waals surface area contributed by atoms with Gasteiger partial charge in [0.1, 0.15) is 0 Å². The van der Waals surface area contributed by atoms with Gasteiger partial charge in [0.05, 0.1) is 0 Å². The smallest absolute Gasteiger partial charge is 0.0441 e. The van der Waals surface area contributed by atoms with Crippen molar-refractivity contribution in [3.63, 3.8) is 0 Å². The number of para-hydroxylation sites is 1. The summed E-state index contributed by atoms with van der Waals surface area (Å²) in [7, 11) is 4.12. The molecular weight excluding hydrogens is 196 g/mol. The van der Waals surface area contributed by atoms with Crippen LogP contribution in [0.4, 0.5) is 5.69 Å². The molecule has 0 bridgehead atoms. The van der Waals surface area contributed by atoms with Gasteiger partial charge in [0, 0.05) is 43.3 Å². The van der Waals surface area contributed by atoms with Crippen molar-refractivity contribution < 1.29 is 0 Å². The van der Waals surface area contributed by atoms with Crippen molar-refractivity contribution in [1.82, 2.24) is 4.98 Å². The first-order valence-corrected chi connectivity index (χ1v) is 5.37. The number of rotatable bonds is 2. The highest BCUT2D eigenvalue weighted by molar-refractivity contribution is 5.78. The van der Waals surface area contributed by atoms with Crippen LogP contribution in [0.5, 0.6) is 0 Å². The zero-order valence-corrected chi connectivity index (χ0v) is 9.94. The molecule has 0 saturated heterocycles. The third-order valence-electron chi connectivity index (χ3n) is 2.57. The van der Waals surface area contributed by atoms with E-state index >= 15 is 0 Å². The van der Waals surface area contributed by atoms with Gasteiger partial charge in [0.2, 0.25) is 0 Å². The number of hydrogen-bond donors (Lipinski definition) is 0. The van der Waals surface area contributed by atoms with E-state index in [2.05, 4.69) is 61.2 Å². The van der Waals surface area contributed by atoms with E-state index < -0.39 is 0 Å². The molecule has 2 rings (SSSR count). The fourth-order valence-corrected chi connectivity index (χ4v) is 1.81. The first kappa shape index (κ1) is 10.7. The normalized spacial score (nSPS) is 10.2. The van der Waals surface area contributed by atoms with Gasteiger partial charge in [-0.3, -0.25) is 4.98 Å². The van der Waals surface area contributed by atoms with Gasteiger partial charge in [-0.25, -0.2) is 0 Å². The van der Waals surface area contributed by atoms with Crippen molar-refractivity contribution in [2.75, 3.05) is 19.0 Å². The third kappa shape index (κ3) is 2.06. The van der Waals surface area contributed by atoms with Crippen LogP contribution in [0.2, 0.25) is 0 Å². The molecule has 0 fully saturated rings. The molecule has 0 spiro atoms. The lowest BCUT2D eigenvalue weighted by Gasteiger charge is -2.17. The molecule has 0 aliphatic carbocycles. The summed E-state index contributed by atoms with van der Waals surface area (Å²) < 4.78 is 0. The van der Waals surface area contributed by atoms with Gasteiger partial charge >= 0.3 is 0 Å². The molecule has 2 aromatic rings. The Hall–Kier alpha value is -1.83. The van der Waals surface area contributed by atoms with E-state index in [1.807, 2.05) is 12.4 Å². The second-order valence-corrected chi connectivity index (χ2v) is 4.16. The van der Waals surface area contributed by atoms with Crippen LogP contribution in [-0.2, 0) is 0 Å². The number of benzene rings is 1. The highest BCUT2D eigenvalue weighted by Crippen LogP contribution is 2.29. The van der Waals surface area contributed by atoms with Gasteiger partial charge in [-0.1, -0.05) is 18.2 Å². The van der Waals surface area contributed by atoms with Crippen molar-refractivity contribution >= 4 is 5.69 Å². The highest BCUT2D eigenvalue weighted by atomic mass is 15.1. The Bertz CT molecular complexity index is 490. The van der Waals surface area contributed by atoms with Gasteiger partial charge in [0.15, 0.2) is 0 Å². The quantitative estimate of drug-likeness (QED) is 0.760. The molecule has 1 aromatic carbocycles. The second kappa shape index (κ2) is 4.35. The topological polar surface area (TPSA) is 16.1 Å². The van der Waals surface area contributed by atoms with Gasteiger partial charge in [0.25, 0.3) is 0 Å². The molecule has 0 atom stereocenters. The average molecular weight is 212 g/mol. The van der Waals surface area contributed by atoms with Crippen molar-refractivity contribution in [1.29, 1.82) is 0 Å². The number of aryl methyl sites for hydroxylation is 1. The maximum atomic E-state index is 4.24. The van der Waals surface area contributed by atoms with Crippen molar-refractivity contribution in [2.24, 2.45) is 0 Å². The Morgan fingerprint density at radius 1 is 1.06 bits per heavy atom. The van der Waals surface area contributed by atoms with Crippen LogP contribution in [-0.4, -0.2) is 19.1 Å². The minimum atomic E-state index is 1.17. The summed E-state index contributed by atoms with van der Waals surface area (Å²) in [5.41, 5.74) is 4.80. The molecule has 0 unspecified atom stereocenters. The Morgan fingerprint density at radius 2 is 1.81 bits per heavy atom. The third-order valence-corrected chi connectivity index (χ3v) is 2.57. The minimum absolute atomic E-state index is 1.17. The number of aromatic nitrogens is 1. The number of hydrogen-bond acceptors (Lipinski definition) is 2. The Labute approximate surface area is 96.6 Å². The summed E-state index contributed by atoms with van der Waals surface area (Å²) in [5, 5.41) is 0. The van der Waals surface area contributed by atoms with Crippen LogP contribution in [0.1, 0.15) is 5.56 Å². The van der Waals surface area contributed by atoms with Crippen LogP contribution < -0.4 is 4.90 Å². The summed E-state index contributed by atoms with van der Waals surface area (Å²) in [4.78, 5) is 6.37. The van der Waals surface area contributed by atoms with Crippen LogP contribution in [0.25, 0.3) is 11.1 Å². The summed E-state index contributed by atoms with van der Waals surface area (Å²) >= 11 is 0. The minimum Gasteiger partial charge on any atom is -0.377 e. The molecule has 1 aromatic heterocycles. The lowest BCUT2D eigenvalue weighted by molar-refractivity contribution is 1.13. The van der Waals surface area contributed by atoms with E-state index in [1.54, 1.807) is 0 Å². The van der Waals surface area contributed by atoms with Crippen molar-refractivity contribution in [3.8, 4) is 11.1 Å². The molecule has 0 aliphatic heterocycles. The van der Waals surface area contributed by atoms with Crippen LogP contribution in [0, 0.1) is 6.92 Å². The molecule has 2 heteroatoms. The maximum absolute atomic E-state index is 4.24. The number of pyridine rings is 1. The Kier molecular flexibility index (Phi) is 2.91. The Morgan fingerprint density at radius 3 is 2.50 bits per heavy atom. The van der Waals surface area contributed by atoms with Gasteiger partial charge in [-0.05, 0) is 24.6 Å². The van der Waals surface area contributed by atoms with E-state index in [0.717, 1.165) is 0 Å². The summed E-state index contributed by atoms with van der Waals surface area (Å²) in [5.74, 6) is 0. The average Bonchev–Trinajstić information content (AvgIpc) is 2.29. The predicted octanol–water partition coefficient (Wildman–Crippen LogP) is 3.12. The van der Waals surface area contributed by atoms with Crippen molar-refractivity contribution in [3.05, 3.63) is 48.3 Å². The molecule has 0 aliphatic rings. The summed E-state index contributed by atoms with van der Waals surface area (Å²) in [6.45, 7) is 2.06. The van der Waals surface area contributed by atoms with E-state index in [1.165, 1.54) is 22.4 Å². The lowest BCUT2D eigenvalue weighted by Crippen LogP contribution is -2.09. The molecular formula is C14H16N2. The molecule has 82 valence electrons. The van der Waals surface area contributed by atoms with Crippen LogP contribution in [0.15, 0.2) is 42.7 Å². The monoisotopic (exact) mass is 212 g/mol. The molecule has 16 heavy (non-hydrogen) atoms. The fourth-order valence-electron chi connectivity index (χ4n) is 1.81. The number of anilines is 1. The molecule has 0 amide bonds. The SMILES string of the molecule is Cc1cncc(-c2ccccc2N(C)C)c1. The van der Waals surface area contributed by atoms with Crippen LogP contribution in [0.3, 0.4) is 0 Å². The zero-order chi connectivity index (χ0) is 11.5. The van der Waals surface area contributed by atoms with E-state index in [-0.39, 0.29) is 0 Å². The van der Waals surface area contributed by atoms with Gasteiger partial charge in [-0.2, -0.15) is 0 Å². The van der Waals surface area contributed by atoms with Gasteiger partial charge < -0.3 is 4.90 Å². The van der Waals surface area contributed by atoms with E-state index in [0.29, 0.717) is 0 Å². The highest BCUT2D eigenvalue weighted by Gasteiger charge is 2.06. The lowest BCUT2D eigenvalue weighted by atomic mass is 10.0. The summed E-state index contributed by atoms with van der Waals surface area (Å²) in [6.07, 6.45) is 3.79. The fraction of sp³-hybridized carbons (Fsp3) is 0.214. The first-order chi connectivity index (χ1) is 7.68. The molecule has 0 N–H and O–H groups in total. The number of nitrogens with zero attached hydrogens (tertiary/aromatic N) is 2. The van der Waals surface area contributed by atoms with E-state index in [9.17, 15) is 0 Å². The van der Waals surface area contributed by atoms with Crippen molar-refractivity contribution in [2.45, 2.75) is 6.92 Å². The summed E-state index contributed by atoms with van der Waals surface area (Å²) in [6, 6.07) is 10.5. The largest absolute Gasteiger partial charge is 0.377 e. The molecule has 1 heterocycles. The Balaban J connectivity index is 2.55. The second-order valence-electron chi connectivity index (χ2n) is 4.16. The molecule has 2 nitrogen and oxygen atoms in total. The zero-order valence-electron chi connectivity index (χ0n) is 9.94. The van der Waals surface area contributed by atoms with Crippen LogP contribution >= 0.6 is 0 Å². The van der Waals surface area contributed by atoms with E-state index in [4.69, 9.17) is 0 Å². The van der Waals surface area contributed by atoms with Gasteiger partial charge in [-0.15, -0.1) is 0 Å². The molecule has 0 saturated carbocycles. The molecule has 0 radical (unpaired) electrons.